The van der Waals surface area contributed by atoms with Gasteiger partial charge in [0, 0.05) is 31.2 Å². The van der Waals surface area contributed by atoms with Gasteiger partial charge in [-0.05, 0) is 44.9 Å². The Balaban J connectivity index is 1.73. The van der Waals surface area contributed by atoms with Crippen molar-refractivity contribution in [3.63, 3.8) is 0 Å². The predicted octanol–water partition coefficient (Wildman–Crippen LogP) is 2.55. The maximum absolute atomic E-state index is 6.05. The highest BCUT2D eigenvalue weighted by atomic mass is 15.3. The molecule has 4 nitrogen and oxygen atoms in total. The fourth-order valence-electron chi connectivity index (χ4n) is 3.71. The third-order valence-electron chi connectivity index (χ3n) is 5.11. The SMILES string of the molecule is CCC(N)c1ccc(N2CC3CCCCN3CC2C)cn1. The lowest BCUT2D eigenvalue weighted by atomic mass is 9.97. The minimum atomic E-state index is 0.0617. The Labute approximate surface area is 128 Å². The molecule has 21 heavy (non-hydrogen) atoms. The lowest BCUT2D eigenvalue weighted by Crippen LogP contribution is -2.58. The van der Waals surface area contributed by atoms with Crippen LogP contribution < -0.4 is 10.6 Å². The summed E-state index contributed by atoms with van der Waals surface area (Å²) in [5.41, 5.74) is 8.31. The molecular formula is C17H28N4. The van der Waals surface area contributed by atoms with E-state index in [9.17, 15) is 0 Å². The summed E-state index contributed by atoms with van der Waals surface area (Å²) in [5, 5.41) is 0. The van der Waals surface area contributed by atoms with E-state index in [1.54, 1.807) is 0 Å². The zero-order chi connectivity index (χ0) is 14.8. The fourth-order valence-corrected chi connectivity index (χ4v) is 3.71. The quantitative estimate of drug-likeness (QED) is 0.928. The van der Waals surface area contributed by atoms with Crippen molar-refractivity contribution in [3.8, 4) is 0 Å². The minimum Gasteiger partial charge on any atom is -0.365 e. The van der Waals surface area contributed by atoms with Crippen LogP contribution in [0.1, 0.15) is 51.3 Å². The molecule has 3 unspecified atom stereocenters. The Kier molecular flexibility index (Phi) is 4.45. The van der Waals surface area contributed by atoms with Crippen molar-refractivity contribution in [2.24, 2.45) is 5.73 Å². The van der Waals surface area contributed by atoms with Gasteiger partial charge in [0.1, 0.15) is 0 Å². The van der Waals surface area contributed by atoms with Crippen LogP contribution >= 0.6 is 0 Å². The highest BCUT2D eigenvalue weighted by Gasteiger charge is 2.33. The lowest BCUT2D eigenvalue weighted by molar-refractivity contribution is 0.115. The summed E-state index contributed by atoms with van der Waals surface area (Å²) in [5.74, 6) is 0. The molecule has 2 aliphatic heterocycles. The smallest absolute Gasteiger partial charge is 0.0572 e. The van der Waals surface area contributed by atoms with E-state index >= 15 is 0 Å². The maximum atomic E-state index is 6.05. The van der Waals surface area contributed by atoms with Crippen LogP contribution in [0.2, 0.25) is 0 Å². The molecule has 0 bridgehead atoms. The Morgan fingerprint density at radius 3 is 2.90 bits per heavy atom. The second-order valence-electron chi connectivity index (χ2n) is 6.60. The summed E-state index contributed by atoms with van der Waals surface area (Å²) in [7, 11) is 0. The zero-order valence-corrected chi connectivity index (χ0v) is 13.3. The molecule has 0 saturated carbocycles. The predicted molar refractivity (Wildman–Crippen MR) is 87.5 cm³/mol. The number of piperidine rings is 1. The van der Waals surface area contributed by atoms with E-state index < -0.39 is 0 Å². The van der Waals surface area contributed by atoms with Crippen molar-refractivity contribution in [2.45, 2.75) is 57.7 Å². The van der Waals surface area contributed by atoms with E-state index in [4.69, 9.17) is 5.73 Å². The highest BCUT2D eigenvalue weighted by molar-refractivity contribution is 5.47. The first kappa shape index (κ1) is 14.8. The molecule has 116 valence electrons. The Morgan fingerprint density at radius 2 is 2.19 bits per heavy atom. The molecule has 0 spiro atoms. The van der Waals surface area contributed by atoms with Crippen LogP contribution in [0.4, 0.5) is 5.69 Å². The number of nitrogens with two attached hydrogens (primary N) is 1. The van der Waals surface area contributed by atoms with Gasteiger partial charge in [-0.25, -0.2) is 0 Å². The lowest BCUT2D eigenvalue weighted by Gasteiger charge is -2.48. The topological polar surface area (TPSA) is 45.4 Å². The molecule has 0 amide bonds. The van der Waals surface area contributed by atoms with Crippen molar-refractivity contribution < 1.29 is 0 Å². The molecule has 2 aliphatic rings. The summed E-state index contributed by atoms with van der Waals surface area (Å²) >= 11 is 0. The summed E-state index contributed by atoms with van der Waals surface area (Å²) < 4.78 is 0. The molecule has 1 aromatic rings. The summed E-state index contributed by atoms with van der Waals surface area (Å²) in [6.45, 7) is 8.04. The van der Waals surface area contributed by atoms with Gasteiger partial charge in [-0.15, -0.1) is 0 Å². The third kappa shape index (κ3) is 3.06. The van der Waals surface area contributed by atoms with Crippen LogP contribution in [0.25, 0.3) is 0 Å². The zero-order valence-electron chi connectivity index (χ0n) is 13.3. The monoisotopic (exact) mass is 288 g/mol. The summed E-state index contributed by atoms with van der Waals surface area (Å²) in [6.07, 6.45) is 7.04. The van der Waals surface area contributed by atoms with Gasteiger partial charge in [-0.1, -0.05) is 13.3 Å². The van der Waals surface area contributed by atoms with Gasteiger partial charge in [0.15, 0.2) is 0 Å². The van der Waals surface area contributed by atoms with E-state index in [2.05, 4.69) is 40.8 Å². The van der Waals surface area contributed by atoms with Crippen molar-refractivity contribution in [3.05, 3.63) is 24.0 Å². The van der Waals surface area contributed by atoms with Gasteiger partial charge in [0.2, 0.25) is 0 Å². The number of hydrogen-bond donors (Lipinski definition) is 1. The number of piperazine rings is 1. The van der Waals surface area contributed by atoms with Gasteiger partial charge in [-0.2, -0.15) is 0 Å². The Hall–Kier alpha value is -1.13. The first-order valence-electron chi connectivity index (χ1n) is 8.41. The van der Waals surface area contributed by atoms with E-state index in [0.29, 0.717) is 6.04 Å². The molecule has 2 fully saturated rings. The van der Waals surface area contributed by atoms with Gasteiger partial charge in [0.25, 0.3) is 0 Å². The van der Waals surface area contributed by atoms with Crippen LogP contribution in [0, 0.1) is 0 Å². The van der Waals surface area contributed by atoms with Crippen LogP contribution in [0.15, 0.2) is 18.3 Å². The molecule has 0 aromatic carbocycles. The van der Waals surface area contributed by atoms with Gasteiger partial charge < -0.3 is 10.6 Å². The van der Waals surface area contributed by atoms with Crippen LogP contribution in [-0.4, -0.2) is 41.6 Å². The van der Waals surface area contributed by atoms with Gasteiger partial charge in [0.05, 0.1) is 17.6 Å². The molecule has 0 aliphatic carbocycles. The summed E-state index contributed by atoms with van der Waals surface area (Å²) in [4.78, 5) is 9.79. The number of pyridine rings is 1. The number of fused-ring (bicyclic) bond motifs is 1. The van der Waals surface area contributed by atoms with E-state index in [1.165, 1.54) is 38.0 Å². The highest BCUT2D eigenvalue weighted by Crippen LogP contribution is 2.28. The molecule has 1 aromatic heterocycles. The second-order valence-corrected chi connectivity index (χ2v) is 6.60. The second kappa shape index (κ2) is 6.32. The van der Waals surface area contributed by atoms with E-state index in [1.807, 2.05) is 6.20 Å². The normalized spacial score (nSPS) is 28.2. The number of rotatable bonds is 3. The number of nitrogens with zero attached hydrogens (tertiary/aromatic N) is 3. The van der Waals surface area contributed by atoms with Gasteiger partial charge >= 0.3 is 0 Å². The number of aromatic nitrogens is 1. The van der Waals surface area contributed by atoms with Crippen molar-refractivity contribution in [1.82, 2.24) is 9.88 Å². The molecule has 0 radical (unpaired) electrons. The Morgan fingerprint density at radius 1 is 1.33 bits per heavy atom. The molecule has 2 saturated heterocycles. The minimum absolute atomic E-state index is 0.0617. The Bertz CT molecular complexity index is 458. The van der Waals surface area contributed by atoms with Crippen LogP contribution in [0.3, 0.4) is 0 Å². The number of anilines is 1. The molecule has 3 atom stereocenters. The van der Waals surface area contributed by atoms with Gasteiger partial charge in [-0.3, -0.25) is 9.88 Å². The standard InChI is InChI=1S/C17H28N4/c1-3-16(18)17-8-7-14(10-19-17)21-12-15-6-4-5-9-20(15)11-13(21)2/h7-8,10,13,15-16H,3-6,9,11-12,18H2,1-2H3. The van der Waals surface area contributed by atoms with Crippen LogP contribution in [-0.2, 0) is 0 Å². The molecule has 3 heterocycles. The largest absolute Gasteiger partial charge is 0.365 e. The van der Waals surface area contributed by atoms with Crippen LogP contribution in [0.5, 0.6) is 0 Å². The molecule has 2 N–H and O–H groups in total. The fraction of sp³-hybridized carbons (Fsp3) is 0.706. The van der Waals surface area contributed by atoms with Crippen molar-refractivity contribution in [2.75, 3.05) is 24.5 Å². The molecular weight excluding hydrogens is 260 g/mol. The first-order valence-corrected chi connectivity index (χ1v) is 8.41. The molecule has 4 heteroatoms. The van der Waals surface area contributed by atoms with Crippen molar-refractivity contribution in [1.29, 1.82) is 0 Å². The average Bonchev–Trinajstić information content (AvgIpc) is 2.53. The maximum Gasteiger partial charge on any atom is 0.0572 e. The van der Waals surface area contributed by atoms with E-state index in [0.717, 1.165) is 24.7 Å². The number of hydrogen-bond acceptors (Lipinski definition) is 4. The third-order valence-corrected chi connectivity index (χ3v) is 5.11. The van der Waals surface area contributed by atoms with E-state index in [-0.39, 0.29) is 6.04 Å². The first-order chi connectivity index (χ1) is 10.2. The molecule has 3 rings (SSSR count). The van der Waals surface area contributed by atoms with Crippen molar-refractivity contribution >= 4 is 5.69 Å². The summed E-state index contributed by atoms with van der Waals surface area (Å²) in [6, 6.07) is 5.65. The average molecular weight is 288 g/mol.